The van der Waals surface area contributed by atoms with E-state index in [1.165, 1.54) is 35.2 Å². The van der Waals surface area contributed by atoms with Gasteiger partial charge in [-0.3, -0.25) is 0 Å². The fourth-order valence-electron chi connectivity index (χ4n) is 3.48. The summed E-state index contributed by atoms with van der Waals surface area (Å²) < 4.78 is 0. The van der Waals surface area contributed by atoms with Gasteiger partial charge in [-0.05, 0) is 36.0 Å². The van der Waals surface area contributed by atoms with Crippen molar-refractivity contribution in [1.29, 1.82) is 0 Å². The van der Waals surface area contributed by atoms with Crippen molar-refractivity contribution in [3.05, 3.63) is 54.1 Å². The quantitative estimate of drug-likeness (QED) is 0.784. The van der Waals surface area contributed by atoms with Crippen molar-refractivity contribution in [3.8, 4) is 11.1 Å². The first-order valence-corrected chi connectivity index (χ1v) is 7.29. The highest BCUT2D eigenvalue weighted by atomic mass is 16.1. The molecule has 1 aliphatic carbocycles. The van der Waals surface area contributed by atoms with Crippen molar-refractivity contribution in [2.45, 2.75) is 18.9 Å². The van der Waals surface area contributed by atoms with Crippen LogP contribution in [0, 0.1) is 5.92 Å². The maximum absolute atomic E-state index is 11.1. The summed E-state index contributed by atoms with van der Waals surface area (Å²) in [6.45, 7) is 0.479. The van der Waals surface area contributed by atoms with Gasteiger partial charge in [0.1, 0.15) is 6.29 Å². The molecule has 1 atom stereocenters. The van der Waals surface area contributed by atoms with Gasteiger partial charge < -0.3 is 9.69 Å². The molecule has 0 aromatic heterocycles. The largest absolute Gasteiger partial charge is 0.357 e. The van der Waals surface area contributed by atoms with Gasteiger partial charge in [0.2, 0.25) is 0 Å². The molecule has 0 saturated heterocycles. The van der Waals surface area contributed by atoms with E-state index in [0.717, 1.165) is 6.29 Å². The molecule has 1 aliphatic heterocycles. The summed E-state index contributed by atoms with van der Waals surface area (Å²) in [6, 6.07) is 17.5. The molecule has 2 nitrogen and oxygen atoms in total. The van der Waals surface area contributed by atoms with Gasteiger partial charge in [0.15, 0.2) is 0 Å². The van der Waals surface area contributed by atoms with Gasteiger partial charge in [-0.1, -0.05) is 42.5 Å². The van der Waals surface area contributed by atoms with E-state index in [4.69, 9.17) is 0 Å². The molecule has 4 rings (SSSR count). The Morgan fingerprint density at radius 1 is 1.00 bits per heavy atom. The summed E-state index contributed by atoms with van der Waals surface area (Å²) in [5, 5.41) is 0. The van der Waals surface area contributed by atoms with Crippen LogP contribution in [-0.4, -0.2) is 12.8 Å². The lowest BCUT2D eigenvalue weighted by molar-refractivity contribution is -0.106. The fraction of sp³-hybridized carbons (Fsp3) is 0.278. The van der Waals surface area contributed by atoms with Crippen LogP contribution in [0.25, 0.3) is 11.1 Å². The third-order valence-corrected chi connectivity index (χ3v) is 4.46. The Bertz CT molecular complexity index is 660. The third-order valence-electron chi connectivity index (χ3n) is 4.46. The Labute approximate surface area is 119 Å². The summed E-state index contributed by atoms with van der Waals surface area (Å²) >= 11 is 0. The van der Waals surface area contributed by atoms with Gasteiger partial charge in [0, 0.05) is 11.3 Å². The fourth-order valence-corrected chi connectivity index (χ4v) is 3.48. The summed E-state index contributed by atoms with van der Waals surface area (Å²) in [4.78, 5) is 13.4. The van der Waals surface area contributed by atoms with Crippen molar-refractivity contribution in [1.82, 2.24) is 0 Å². The van der Waals surface area contributed by atoms with E-state index in [1.54, 1.807) is 0 Å². The van der Waals surface area contributed by atoms with E-state index in [9.17, 15) is 4.79 Å². The minimum Gasteiger partial charge on any atom is -0.357 e. The number of nitrogens with zero attached hydrogens (tertiary/aromatic N) is 1. The van der Waals surface area contributed by atoms with E-state index in [0.29, 0.717) is 18.5 Å². The second-order valence-corrected chi connectivity index (χ2v) is 5.71. The Kier molecular flexibility index (Phi) is 2.62. The maximum atomic E-state index is 11.1. The number of carbonyl (C=O) groups excluding carboxylic acids is 1. The lowest BCUT2D eigenvalue weighted by Gasteiger charge is -2.39. The van der Waals surface area contributed by atoms with Crippen molar-refractivity contribution in [2.24, 2.45) is 5.92 Å². The van der Waals surface area contributed by atoms with Gasteiger partial charge in [0.05, 0.1) is 12.6 Å². The average Bonchev–Trinajstić information content (AvgIpc) is 3.32. The minimum absolute atomic E-state index is 0.367. The molecule has 2 aliphatic rings. The number of anilines is 1. The Hall–Kier alpha value is -2.09. The molecule has 1 saturated carbocycles. The Morgan fingerprint density at radius 2 is 1.70 bits per heavy atom. The summed E-state index contributed by atoms with van der Waals surface area (Å²) in [5.74, 6) is 0.699. The number of para-hydroxylation sites is 1. The maximum Gasteiger partial charge on any atom is 0.139 e. The van der Waals surface area contributed by atoms with Gasteiger partial charge in [0.25, 0.3) is 0 Å². The molecule has 0 N–H and O–H groups in total. The van der Waals surface area contributed by atoms with Crippen LogP contribution in [0.15, 0.2) is 48.5 Å². The topological polar surface area (TPSA) is 20.3 Å². The van der Waals surface area contributed by atoms with Crippen LogP contribution in [0.4, 0.5) is 5.69 Å². The number of carbonyl (C=O) groups is 1. The monoisotopic (exact) mass is 263 g/mol. The zero-order valence-electron chi connectivity index (χ0n) is 11.3. The van der Waals surface area contributed by atoms with Crippen molar-refractivity contribution < 1.29 is 4.79 Å². The standard InChI is InChI=1S/C18H17NO/c20-12-11-19-17-8-4-3-6-15(17)14-5-1-2-7-16(14)18(19)13-9-10-13/h1-8,12-13,18H,9-11H2. The van der Waals surface area contributed by atoms with Gasteiger partial charge in [-0.25, -0.2) is 0 Å². The second kappa shape index (κ2) is 4.48. The molecule has 2 aromatic carbocycles. The predicted molar refractivity (Wildman–Crippen MR) is 80.8 cm³/mol. The summed E-state index contributed by atoms with van der Waals surface area (Å²) in [5.41, 5.74) is 5.18. The molecule has 1 fully saturated rings. The van der Waals surface area contributed by atoms with Crippen molar-refractivity contribution >= 4 is 12.0 Å². The van der Waals surface area contributed by atoms with Gasteiger partial charge >= 0.3 is 0 Å². The average molecular weight is 263 g/mol. The Morgan fingerprint density at radius 3 is 2.45 bits per heavy atom. The van der Waals surface area contributed by atoms with Crippen LogP contribution in [0.3, 0.4) is 0 Å². The minimum atomic E-state index is 0.367. The molecular formula is C18H17NO. The second-order valence-electron chi connectivity index (χ2n) is 5.71. The van der Waals surface area contributed by atoms with Gasteiger partial charge in [-0.2, -0.15) is 0 Å². The summed E-state index contributed by atoms with van der Waals surface area (Å²) in [7, 11) is 0. The van der Waals surface area contributed by atoms with Crippen LogP contribution in [0.1, 0.15) is 24.4 Å². The van der Waals surface area contributed by atoms with Crippen LogP contribution in [0.2, 0.25) is 0 Å². The number of hydrogen-bond donors (Lipinski definition) is 0. The molecule has 1 unspecified atom stereocenters. The summed E-state index contributed by atoms with van der Waals surface area (Å²) in [6.07, 6.45) is 3.58. The van der Waals surface area contributed by atoms with Crippen molar-refractivity contribution in [2.75, 3.05) is 11.4 Å². The molecule has 0 amide bonds. The first-order chi connectivity index (χ1) is 9.90. The number of aldehydes is 1. The molecule has 0 spiro atoms. The molecular weight excluding hydrogens is 246 g/mol. The molecule has 2 heteroatoms. The predicted octanol–water partition coefficient (Wildman–Crippen LogP) is 3.82. The zero-order valence-corrected chi connectivity index (χ0v) is 11.3. The van der Waals surface area contributed by atoms with Crippen LogP contribution in [0.5, 0.6) is 0 Å². The third kappa shape index (κ3) is 1.68. The number of benzene rings is 2. The van der Waals surface area contributed by atoms with E-state index in [-0.39, 0.29) is 0 Å². The zero-order chi connectivity index (χ0) is 13.5. The smallest absolute Gasteiger partial charge is 0.139 e. The number of fused-ring (bicyclic) bond motifs is 3. The SMILES string of the molecule is O=CCN1c2ccccc2-c2ccccc2C1C1CC1. The number of hydrogen-bond acceptors (Lipinski definition) is 2. The molecule has 2 aromatic rings. The highest BCUT2D eigenvalue weighted by molar-refractivity contribution is 5.86. The number of rotatable bonds is 3. The molecule has 20 heavy (non-hydrogen) atoms. The molecule has 0 bridgehead atoms. The van der Waals surface area contributed by atoms with E-state index >= 15 is 0 Å². The van der Waals surface area contributed by atoms with Crippen LogP contribution in [-0.2, 0) is 4.79 Å². The highest BCUT2D eigenvalue weighted by Crippen LogP contribution is 2.52. The van der Waals surface area contributed by atoms with E-state index < -0.39 is 0 Å². The normalized spacial score (nSPS) is 20.2. The molecule has 0 radical (unpaired) electrons. The van der Waals surface area contributed by atoms with E-state index in [1.807, 2.05) is 0 Å². The molecule has 1 heterocycles. The van der Waals surface area contributed by atoms with Gasteiger partial charge in [-0.15, -0.1) is 0 Å². The first-order valence-electron chi connectivity index (χ1n) is 7.29. The van der Waals surface area contributed by atoms with Crippen molar-refractivity contribution in [3.63, 3.8) is 0 Å². The lowest BCUT2D eigenvalue weighted by Crippen LogP contribution is -2.34. The first kappa shape index (κ1) is 11.7. The van der Waals surface area contributed by atoms with E-state index in [2.05, 4.69) is 53.4 Å². The Balaban J connectivity index is 1.95. The lowest BCUT2D eigenvalue weighted by atomic mass is 9.86. The van der Waals surface area contributed by atoms with Crippen LogP contribution < -0.4 is 4.90 Å². The van der Waals surface area contributed by atoms with Crippen LogP contribution >= 0.6 is 0 Å². The highest BCUT2D eigenvalue weighted by Gasteiger charge is 2.40. The molecule has 100 valence electrons.